The van der Waals surface area contributed by atoms with Gasteiger partial charge in [0.1, 0.15) is 22.7 Å². The largest absolute Gasteiger partial charge is 0.497 e. The third kappa shape index (κ3) is 6.03. The van der Waals surface area contributed by atoms with Gasteiger partial charge in [-0.15, -0.1) is 11.8 Å². The maximum Gasteiger partial charge on any atom is 0.225 e. The lowest BCUT2D eigenvalue weighted by Gasteiger charge is -2.13. The minimum Gasteiger partial charge on any atom is -0.497 e. The van der Waals surface area contributed by atoms with Crippen molar-refractivity contribution in [2.24, 2.45) is 0 Å². The number of hydrogen-bond donors (Lipinski definition) is 1. The molecule has 3 aromatic carbocycles. The molecule has 180 valence electrons. The lowest BCUT2D eigenvalue weighted by molar-refractivity contribution is -0.115. The number of nitrogens with zero attached hydrogens (tertiary/aromatic N) is 2. The molecular weight excluding hydrogens is 497 g/mol. The summed E-state index contributed by atoms with van der Waals surface area (Å²) in [6.45, 7) is 0. The molecular formula is C28H21ClFN3O2S. The van der Waals surface area contributed by atoms with Crippen molar-refractivity contribution in [1.82, 2.24) is 4.98 Å². The normalized spacial score (nSPS) is 10.5. The molecule has 1 aromatic heterocycles. The smallest absolute Gasteiger partial charge is 0.225 e. The zero-order chi connectivity index (χ0) is 25.5. The molecule has 0 unspecified atom stereocenters. The van der Waals surface area contributed by atoms with Gasteiger partial charge < -0.3 is 10.1 Å². The van der Waals surface area contributed by atoms with E-state index in [-0.39, 0.29) is 17.4 Å². The van der Waals surface area contributed by atoms with Crippen molar-refractivity contribution in [3.63, 3.8) is 0 Å². The van der Waals surface area contributed by atoms with Crippen LogP contribution < -0.4 is 10.1 Å². The molecule has 0 atom stereocenters. The summed E-state index contributed by atoms with van der Waals surface area (Å²) in [6.07, 6.45) is 0.166. The number of methoxy groups -OCH3 is 1. The van der Waals surface area contributed by atoms with Crippen molar-refractivity contribution in [2.75, 3.05) is 18.2 Å². The number of nitrogens with one attached hydrogen (secondary N) is 1. The summed E-state index contributed by atoms with van der Waals surface area (Å²) in [5, 5.41) is 13.2. The summed E-state index contributed by atoms with van der Waals surface area (Å²) in [5.41, 5.74) is 4.12. The fraction of sp³-hybridized carbons (Fsp3) is 0.107. The van der Waals surface area contributed by atoms with Gasteiger partial charge >= 0.3 is 0 Å². The molecule has 0 saturated carbocycles. The van der Waals surface area contributed by atoms with Crippen molar-refractivity contribution >= 4 is 35.0 Å². The number of carbonyl (C=O) groups is 1. The Morgan fingerprint density at radius 1 is 1.08 bits per heavy atom. The number of carbonyl (C=O) groups excluding carboxylic acids is 1. The number of anilines is 1. The molecule has 1 heterocycles. The Morgan fingerprint density at radius 2 is 1.83 bits per heavy atom. The third-order valence-corrected chi connectivity index (χ3v) is 6.61. The SMILES string of the molecule is COc1ccc(-c2cc(-c3ccccc3)nc(SCCC(=O)Nc3ccc(F)c(Cl)c3)c2C#N)cc1. The predicted molar refractivity (Wildman–Crippen MR) is 142 cm³/mol. The van der Waals surface area contributed by atoms with Gasteiger partial charge in [0.05, 0.1) is 23.4 Å². The van der Waals surface area contributed by atoms with Gasteiger partial charge in [-0.3, -0.25) is 4.79 Å². The van der Waals surface area contributed by atoms with Gasteiger partial charge in [0.25, 0.3) is 0 Å². The first-order valence-electron chi connectivity index (χ1n) is 11.0. The average Bonchev–Trinajstić information content (AvgIpc) is 2.91. The molecule has 1 amide bonds. The maximum atomic E-state index is 13.4. The average molecular weight is 518 g/mol. The van der Waals surface area contributed by atoms with Crippen LogP contribution in [0, 0.1) is 17.1 Å². The van der Waals surface area contributed by atoms with E-state index >= 15 is 0 Å². The number of nitriles is 1. The summed E-state index contributed by atoms with van der Waals surface area (Å²) < 4.78 is 18.6. The van der Waals surface area contributed by atoms with E-state index < -0.39 is 5.82 Å². The fourth-order valence-electron chi connectivity index (χ4n) is 3.53. The number of ether oxygens (including phenoxy) is 1. The number of halogens is 2. The molecule has 36 heavy (non-hydrogen) atoms. The second-order valence-electron chi connectivity index (χ2n) is 7.72. The topological polar surface area (TPSA) is 75.0 Å². The first-order valence-corrected chi connectivity index (χ1v) is 12.4. The molecule has 4 rings (SSSR count). The van der Waals surface area contributed by atoms with Crippen LogP contribution >= 0.6 is 23.4 Å². The van der Waals surface area contributed by atoms with Crippen LogP contribution in [-0.2, 0) is 4.79 Å². The van der Waals surface area contributed by atoms with E-state index in [4.69, 9.17) is 21.3 Å². The van der Waals surface area contributed by atoms with Crippen LogP contribution in [0.15, 0.2) is 83.9 Å². The van der Waals surface area contributed by atoms with Crippen molar-refractivity contribution in [3.8, 4) is 34.2 Å². The summed E-state index contributed by atoms with van der Waals surface area (Å²) >= 11 is 7.12. The molecule has 0 fully saturated rings. The first kappa shape index (κ1) is 25.2. The van der Waals surface area contributed by atoms with Crippen molar-refractivity contribution in [1.29, 1.82) is 5.26 Å². The molecule has 0 bridgehead atoms. The van der Waals surface area contributed by atoms with E-state index in [9.17, 15) is 14.4 Å². The van der Waals surface area contributed by atoms with Crippen LogP contribution in [-0.4, -0.2) is 23.8 Å². The van der Waals surface area contributed by atoms with Crippen molar-refractivity contribution in [3.05, 3.63) is 95.3 Å². The minimum absolute atomic E-state index is 0.0613. The number of thioether (sulfide) groups is 1. The van der Waals surface area contributed by atoms with E-state index in [0.717, 1.165) is 28.1 Å². The Labute approximate surface area is 217 Å². The second-order valence-corrected chi connectivity index (χ2v) is 9.21. The number of aromatic nitrogens is 1. The quantitative estimate of drug-likeness (QED) is 0.250. The summed E-state index contributed by atoms with van der Waals surface area (Å²) in [6, 6.07) is 25.4. The lowest BCUT2D eigenvalue weighted by Crippen LogP contribution is -2.12. The molecule has 5 nitrogen and oxygen atoms in total. The van der Waals surface area contributed by atoms with Gasteiger partial charge in [-0.2, -0.15) is 5.26 Å². The number of pyridine rings is 1. The Kier molecular flexibility index (Phi) is 8.21. The standard InChI is InChI=1S/C28H21ClFN3O2S/c1-35-21-10-7-18(8-11-21)22-16-26(19-5-3-2-4-6-19)33-28(23(22)17-31)36-14-13-27(34)32-20-9-12-25(30)24(29)15-20/h2-12,15-16H,13-14H2,1H3,(H,32,34). The fourth-order valence-corrected chi connectivity index (χ4v) is 4.65. The Bertz CT molecular complexity index is 1420. The van der Waals surface area contributed by atoms with Gasteiger partial charge in [0, 0.05) is 29.0 Å². The molecule has 8 heteroatoms. The van der Waals surface area contributed by atoms with E-state index in [1.807, 2.05) is 60.7 Å². The Balaban J connectivity index is 1.59. The third-order valence-electron chi connectivity index (χ3n) is 5.34. The molecule has 0 saturated heterocycles. The van der Waals surface area contributed by atoms with Crippen molar-refractivity contribution in [2.45, 2.75) is 11.4 Å². The van der Waals surface area contributed by atoms with E-state index in [0.29, 0.717) is 22.0 Å². The summed E-state index contributed by atoms with van der Waals surface area (Å²) in [7, 11) is 1.60. The van der Waals surface area contributed by atoms with Gasteiger partial charge in [-0.05, 0) is 42.0 Å². The minimum atomic E-state index is -0.550. The zero-order valence-electron chi connectivity index (χ0n) is 19.3. The van der Waals surface area contributed by atoms with Gasteiger partial charge in [-0.25, -0.2) is 9.37 Å². The first-order chi connectivity index (χ1) is 17.5. The maximum absolute atomic E-state index is 13.4. The monoisotopic (exact) mass is 517 g/mol. The molecule has 0 radical (unpaired) electrons. The summed E-state index contributed by atoms with van der Waals surface area (Å²) in [4.78, 5) is 17.2. The van der Waals surface area contributed by atoms with Gasteiger partial charge in [-0.1, -0.05) is 54.1 Å². The highest BCUT2D eigenvalue weighted by Gasteiger charge is 2.17. The van der Waals surface area contributed by atoms with E-state index in [1.54, 1.807) is 7.11 Å². The summed E-state index contributed by atoms with van der Waals surface area (Å²) in [5.74, 6) is 0.310. The second kappa shape index (κ2) is 11.7. The zero-order valence-corrected chi connectivity index (χ0v) is 20.9. The van der Waals surface area contributed by atoms with Crippen LogP contribution in [0.3, 0.4) is 0 Å². The van der Waals surface area contributed by atoms with Crippen LogP contribution in [0.5, 0.6) is 5.75 Å². The number of amides is 1. The molecule has 0 spiro atoms. The van der Waals surface area contributed by atoms with Crippen molar-refractivity contribution < 1.29 is 13.9 Å². The highest BCUT2D eigenvalue weighted by atomic mass is 35.5. The molecule has 0 aliphatic rings. The van der Waals surface area contributed by atoms with Gasteiger partial charge in [0.2, 0.25) is 5.91 Å². The van der Waals surface area contributed by atoms with Crippen LogP contribution in [0.1, 0.15) is 12.0 Å². The Morgan fingerprint density at radius 3 is 2.50 bits per heavy atom. The van der Waals surface area contributed by atoms with Crippen LogP contribution in [0.25, 0.3) is 22.4 Å². The highest BCUT2D eigenvalue weighted by molar-refractivity contribution is 7.99. The van der Waals surface area contributed by atoms with Gasteiger partial charge in [0.15, 0.2) is 0 Å². The number of benzene rings is 3. The van der Waals surface area contributed by atoms with Crippen LogP contribution in [0.4, 0.5) is 10.1 Å². The molecule has 0 aliphatic heterocycles. The van der Waals surface area contributed by atoms with E-state index in [2.05, 4.69) is 11.4 Å². The van der Waals surface area contributed by atoms with Crippen LogP contribution in [0.2, 0.25) is 5.02 Å². The number of rotatable bonds is 8. The molecule has 1 N–H and O–H groups in total. The molecule has 4 aromatic rings. The highest BCUT2D eigenvalue weighted by Crippen LogP contribution is 2.35. The molecule has 0 aliphatic carbocycles. The predicted octanol–water partition coefficient (Wildman–Crippen LogP) is 7.21. The lowest BCUT2D eigenvalue weighted by atomic mass is 9.99. The van der Waals surface area contributed by atoms with E-state index in [1.165, 1.54) is 30.0 Å². The number of hydrogen-bond acceptors (Lipinski definition) is 5. The Hall–Kier alpha value is -3.86.